The Labute approximate surface area is 120 Å². The smallest absolute Gasteiger partial charge is 0.258 e. The van der Waals surface area contributed by atoms with Gasteiger partial charge in [-0.05, 0) is 30.3 Å². The molecule has 0 aliphatic carbocycles. The molecule has 0 radical (unpaired) electrons. The van der Waals surface area contributed by atoms with Gasteiger partial charge >= 0.3 is 0 Å². The van der Waals surface area contributed by atoms with Gasteiger partial charge in [0.05, 0.1) is 5.56 Å². The van der Waals surface area contributed by atoms with E-state index in [1.54, 1.807) is 24.3 Å². The van der Waals surface area contributed by atoms with Crippen molar-refractivity contribution in [3.63, 3.8) is 0 Å². The second kappa shape index (κ2) is 6.04. The summed E-state index contributed by atoms with van der Waals surface area (Å²) in [6.07, 6.45) is 0. The van der Waals surface area contributed by atoms with Gasteiger partial charge in [0, 0.05) is 24.4 Å². The molecule has 0 bridgehead atoms. The predicted octanol–water partition coefficient (Wildman–Crippen LogP) is 2.74. The first-order valence-electron chi connectivity index (χ1n) is 6.13. The van der Waals surface area contributed by atoms with Crippen molar-refractivity contribution >= 4 is 23.2 Å². The molecule has 0 aromatic heterocycles. The van der Waals surface area contributed by atoms with Gasteiger partial charge in [-0.2, -0.15) is 0 Å². The maximum Gasteiger partial charge on any atom is 0.258 e. The molecule has 2 aromatic carbocycles. The molecule has 21 heavy (non-hydrogen) atoms. The van der Waals surface area contributed by atoms with Crippen LogP contribution in [0, 0.1) is 5.82 Å². The standard InChI is InChI=1S/C15H13FN2O3/c1-9(19)17-10-3-2-4-11(7-10)18-15(21)13-6-5-12(20)8-14(13)16/h2-8,20H,1H3,(H,17,19)(H,18,21). The third kappa shape index (κ3) is 3.79. The van der Waals surface area contributed by atoms with Crippen LogP contribution in [0.1, 0.15) is 17.3 Å². The lowest BCUT2D eigenvalue weighted by molar-refractivity contribution is -0.114. The van der Waals surface area contributed by atoms with Gasteiger partial charge in [-0.1, -0.05) is 6.07 Å². The van der Waals surface area contributed by atoms with E-state index < -0.39 is 11.7 Å². The molecule has 0 atom stereocenters. The van der Waals surface area contributed by atoms with Crippen LogP contribution in [0.4, 0.5) is 15.8 Å². The molecule has 0 saturated carbocycles. The summed E-state index contributed by atoms with van der Waals surface area (Å²) in [6.45, 7) is 1.37. The first-order valence-corrected chi connectivity index (χ1v) is 6.13. The van der Waals surface area contributed by atoms with Crippen LogP contribution in [0.25, 0.3) is 0 Å². The van der Waals surface area contributed by atoms with Crippen LogP contribution >= 0.6 is 0 Å². The number of benzene rings is 2. The molecule has 108 valence electrons. The number of carbonyl (C=O) groups is 2. The number of hydrogen-bond donors (Lipinski definition) is 3. The number of rotatable bonds is 3. The first-order chi connectivity index (χ1) is 9.95. The summed E-state index contributed by atoms with van der Waals surface area (Å²) in [5.74, 6) is -1.95. The van der Waals surface area contributed by atoms with E-state index >= 15 is 0 Å². The van der Waals surface area contributed by atoms with E-state index in [1.165, 1.54) is 19.1 Å². The molecule has 0 aliphatic heterocycles. The highest BCUT2D eigenvalue weighted by molar-refractivity contribution is 6.05. The highest BCUT2D eigenvalue weighted by Gasteiger charge is 2.12. The predicted molar refractivity (Wildman–Crippen MR) is 76.8 cm³/mol. The van der Waals surface area contributed by atoms with E-state index in [0.717, 1.165) is 6.07 Å². The van der Waals surface area contributed by atoms with Gasteiger partial charge in [0.25, 0.3) is 5.91 Å². The summed E-state index contributed by atoms with van der Waals surface area (Å²) in [5.41, 5.74) is 0.753. The second-order valence-electron chi connectivity index (χ2n) is 4.38. The minimum Gasteiger partial charge on any atom is -0.508 e. The topological polar surface area (TPSA) is 78.4 Å². The average Bonchev–Trinajstić information content (AvgIpc) is 2.37. The van der Waals surface area contributed by atoms with Gasteiger partial charge in [-0.3, -0.25) is 9.59 Å². The molecule has 2 rings (SSSR count). The Bertz CT molecular complexity index is 701. The van der Waals surface area contributed by atoms with Gasteiger partial charge < -0.3 is 15.7 Å². The van der Waals surface area contributed by atoms with Crippen molar-refractivity contribution in [1.82, 2.24) is 0 Å². The molecule has 3 N–H and O–H groups in total. The quantitative estimate of drug-likeness (QED) is 0.812. The van der Waals surface area contributed by atoms with Crippen molar-refractivity contribution < 1.29 is 19.1 Å². The van der Waals surface area contributed by atoms with Crippen molar-refractivity contribution in [2.45, 2.75) is 6.92 Å². The van der Waals surface area contributed by atoms with Crippen LogP contribution in [0.2, 0.25) is 0 Å². The van der Waals surface area contributed by atoms with Crippen molar-refractivity contribution in [1.29, 1.82) is 0 Å². The van der Waals surface area contributed by atoms with Gasteiger partial charge in [0.2, 0.25) is 5.91 Å². The van der Waals surface area contributed by atoms with Crippen LogP contribution < -0.4 is 10.6 Å². The molecule has 2 aromatic rings. The number of nitrogens with one attached hydrogen (secondary N) is 2. The molecule has 0 heterocycles. The zero-order valence-corrected chi connectivity index (χ0v) is 11.2. The third-order valence-corrected chi connectivity index (χ3v) is 2.64. The highest BCUT2D eigenvalue weighted by Crippen LogP contribution is 2.19. The number of hydrogen-bond acceptors (Lipinski definition) is 3. The number of aromatic hydroxyl groups is 1. The fourth-order valence-corrected chi connectivity index (χ4v) is 1.76. The fraction of sp³-hybridized carbons (Fsp3) is 0.0667. The van der Waals surface area contributed by atoms with Crippen LogP contribution in [0.5, 0.6) is 5.75 Å². The van der Waals surface area contributed by atoms with Crippen molar-refractivity contribution in [2.24, 2.45) is 0 Å². The lowest BCUT2D eigenvalue weighted by Gasteiger charge is -2.08. The van der Waals surface area contributed by atoms with Crippen LogP contribution in [0.15, 0.2) is 42.5 Å². The summed E-state index contributed by atoms with van der Waals surface area (Å²) >= 11 is 0. The molecular weight excluding hydrogens is 275 g/mol. The zero-order chi connectivity index (χ0) is 15.4. The van der Waals surface area contributed by atoms with Gasteiger partial charge in [0.15, 0.2) is 0 Å². The molecule has 0 spiro atoms. The zero-order valence-electron chi connectivity index (χ0n) is 11.2. The Kier molecular flexibility index (Phi) is 4.18. The number of phenolic OH excluding ortho intramolecular Hbond substituents is 1. The van der Waals surface area contributed by atoms with Gasteiger partial charge in [0.1, 0.15) is 11.6 Å². The molecule has 0 aliphatic rings. The summed E-state index contributed by atoms with van der Waals surface area (Å²) in [6, 6.07) is 9.76. The number of halogens is 1. The summed E-state index contributed by atoms with van der Waals surface area (Å²) in [7, 11) is 0. The van der Waals surface area contributed by atoms with Gasteiger partial charge in [-0.25, -0.2) is 4.39 Å². The van der Waals surface area contributed by atoms with E-state index in [2.05, 4.69) is 10.6 Å². The third-order valence-electron chi connectivity index (χ3n) is 2.64. The van der Waals surface area contributed by atoms with Crippen LogP contribution in [-0.4, -0.2) is 16.9 Å². The lowest BCUT2D eigenvalue weighted by Crippen LogP contribution is -2.14. The average molecular weight is 288 g/mol. The molecule has 0 saturated heterocycles. The Hall–Kier alpha value is -2.89. The summed E-state index contributed by atoms with van der Waals surface area (Å²) in [4.78, 5) is 22.9. The highest BCUT2D eigenvalue weighted by atomic mass is 19.1. The fourth-order valence-electron chi connectivity index (χ4n) is 1.76. The van der Waals surface area contributed by atoms with Crippen molar-refractivity contribution in [3.8, 4) is 5.75 Å². The Morgan fingerprint density at radius 3 is 2.33 bits per heavy atom. The SMILES string of the molecule is CC(=O)Nc1cccc(NC(=O)c2ccc(O)cc2F)c1. The number of phenols is 1. The van der Waals surface area contributed by atoms with Crippen molar-refractivity contribution in [2.75, 3.05) is 10.6 Å². The Balaban J connectivity index is 2.17. The van der Waals surface area contributed by atoms with E-state index in [0.29, 0.717) is 11.4 Å². The van der Waals surface area contributed by atoms with Crippen LogP contribution in [0.3, 0.4) is 0 Å². The molecule has 0 unspecified atom stereocenters. The number of anilines is 2. The van der Waals surface area contributed by atoms with Gasteiger partial charge in [-0.15, -0.1) is 0 Å². The summed E-state index contributed by atoms with van der Waals surface area (Å²) < 4.78 is 13.6. The molecular formula is C15H13FN2O3. The van der Waals surface area contributed by atoms with E-state index in [1.807, 2.05) is 0 Å². The maximum atomic E-state index is 13.6. The molecule has 5 nitrogen and oxygen atoms in total. The normalized spacial score (nSPS) is 10.0. The van der Waals surface area contributed by atoms with E-state index in [-0.39, 0.29) is 17.2 Å². The Morgan fingerprint density at radius 2 is 1.71 bits per heavy atom. The van der Waals surface area contributed by atoms with Crippen LogP contribution in [-0.2, 0) is 4.79 Å². The summed E-state index contributed by atoms with van der Waals surface area (Å²) in [5, 5.41) is 14.2. The number of amides is 2. The minimum absolute atomic E-state index is 0.183. The second-order valence-corrected chi connectivity index (χ2v) is 4.38. The van der Waals surface area contributed by atoms with E-state index in [9.17, 15) is 14.0 Å². The van der Waals surface area contributed by atoms with E-state index in [4.69, 9.17) is 5.11 Å². The molecule has 0 fully saturated rings. The Morgan fingerprint density at radius 1 is 1.05 bits per heavy atom. The first kappa shape index (κ1) is 14.5. The largest absolute Gasteiger partial charge is 0.508 e. The lowest BCUT2D eigenvalue weighted by atomic mass is 10.2. The number of carbonyl (C=O) groups excluding carboxylic acids is 2. The minimum atomic E-state index is -0.814. The molecule has 2 amide bonds. The monoisotopic (exact) mass is 288 g/mol. The maximum absolute atomic E-state index is 13.6. The van der Waals surface area contributed by atoms with Crippen molar-refractivity contribution in [3.05, 3.63) is 53.8 Å². The molecule has 6 heteroatoms.